The van der Waals surface area contributed by atoms with E-state index in [1.54, 1.807) is 11.3 Å². The zero-order valence-corrected chi connectivity index (χ0v) is 11.5. The lowest BCUT2D eigenvalue weighted by Crippen LogP contribution is -2.40. The third kappa shape index (κ3) is 3.76. The summed E-state index contributed by atoms with van der Waals surface area (Å²) in [5.74, 6) is 0. The molecule has 2 rings (SSSR count). The lowest BCUT2D eigenvalue weighted by molar-refractivity contribution is 0.0810. The van der Waals surface area contributed by atoms with E-state index in [4.69, 9.17) is 0 Å². The molecule has 3 nitrogen and oxygen atoms in total. The van der Waals surface area contributed by atoms with Crippen LogP contribution >= 0.6 is 11.3 Å². The van der Waals surface area contributed by atoms with Crippen LogP contribution in [0.2, 0.25) is 0 Å². The number of hydrogen-bond acceptors (Lipinski definition) is 4. The molecule has 0 spiro atoms. The molecule has 0 radical (unpaired) electrons. The van der Waals surface area contributed by atoms with Crippen molar-refractivity contribution in [3.05, 3.63) is 16.1 Å². The Labute approximate surface area is 107 Å². The molecule has 17 heavy (non-hydrogen) atoms. The molecule has 0 amide bonds. The monoisotopic (exact) mass is 254 g/mol. The molecule has 96 valence electrons. The molecule has 1 aliphatic rings. The number of aromatic nitrogens is 1. The lowest BCUT2D eigenvalue weighted by Gasteiger charge is -2.36. The fourth-order valence-electron chi connectivity index (χ4n) is 2.62. The number of hydrogen-bond donors (Lipinski definition) is 1. The van der Waals surface area contributed by atoms with Crippen molar-refractivity contribution in [1.82, 2.24) is 9.88 Å². The van der Waals surface area contributed by atoms with Gasteiger partial charge in [-0.15, -0.1) is 11.3 Å². The van der Waals surface area contributed by atoms with Crippen LogP contribution in [0.3, 0.4) is 0 Å². The van der Waals surface area contributed by atoms with Crippen molar-refractivity contribution in [3.63, 3.8) is 0 Å². The molecule has 0 bridgehead atoms. The average Bonchev–Trinajstić information content (AvgIpc) is 2.66. The molecule has 4 heteroatoms. The molecule has 1 aromatic heterocycles. The standard InChI is InChI=1S/C13H22N2OS/c1-10(16)7-13-5-3-4-6-15(13)8-12-9-17-11(2)14-12/h9-10,13,16H,3-8H2,1-2H3. The van der Waals surface area contributed by atoms with Crippen molar-refractivity contribution in [2.24, 2.45) is 0 Å². The third-order valence-electron chi connectivity index (χ3n) is 3.39. The topological polar surface area (TPSA) is 36.4 Å². The molecular weight excluding hydrogens is 232 g/mol. The highest BCUT2D eigenvalue weighted by Gasteiger charge is 2.24. The summed E-state index contributed by atoms with van der Waals surface area (Å²) in [4.78, 5) is 7.02. The van der Waals surface area contributed by atoms with Crippen LogP contribution in [0.4, 0.5) is 0 Å². The molecule has 2 heterocycles. The van der Waals surface area contributed by atoms with Crippen molar-refractivity contribution in [1.29, 1.82) is 0 Å². The second-order valence-corrected chi connectivity index (χ2v) is 6.12. The number of likely N-dealkylation sites (tertiary alicyclic amines) is 1. The molecule has 1 aliphatic heterocycles. The van der Waals surface area contributed by atoms with Crippen molar-refractivity contribution in [2.45, 2.75) is 58.2 Å². The Hall–Kier alpha value is -0.450. The summed E-state index contributed by atoms with van der Waals surface area (Å²) in [5.41, 5.74) is 1.19. The highest BCUT2D eigenvalue weighted by Crippen LogP contribution is 2.23. The lowest BCUT2D eigenvalue weighted by atomic mass is 9.97. The van der Waals surface area contributed by atoms with Crippen LogP contribution in [0.1, 0.15) is 43.3 Å². The molecule has 1 fully saturated rings. The number of nitrogens with zero attached hydrogens (tertiary/aromatic N) is 2. The number of thiazole rings is 1. The van der Waals surface area contributed by atoms with E-state index in [9.17, 15) is 5.11 Å². The van der Waals surface area contributed by atoms with Gasteiger partial charge < -0.3 is 5.11 Å². The number of piperidine rings is 1. The minimum atomic E-state index is -0.197. The summed E-state index contributed by atoms with van der Waals surface area (Å²) in [6, 6.07) is 0.533. The van der Waals surface area contributed by atoms with Gasteiger partial charge in [0.1, 0.15) is 0 Å². The molecule has 2 atom stereocenters. The fraction of sp³-hybridized carbons (Fsp3) is 0.769. The molecule has 0 saturated carbocycles. The van der Waals surface area contributed by atoms with E-state index in [-0.39, 0.29) is 6.10 Å². The van der Waals surface area contributed by atoms with Crippen LogP contribution < -0.4 is 0 Å². The first-order valence-corrected chi connectivity index (χ1v) is 7.36. The number of aryl methyl sites for hydroxylation is 1. The maximum atomic E-state index is 9.55. The number of aliphatic hydroxyl groups excluding tert-OH is 1. The van der Waals surface area contributed by atoms with Crippen LogP contribution in [0, 0.1) is 6.92 Å². The Kier molecular flexibility index (Phi) is 4.54. The largest absolute Gasteiger partial charge is 0.393 e. The predicted octanol–water partition coefficient (Wildman–Crippen LogP) is 2.58. The minimum absolute atomic E-state index is 0.197. The molecule has 1 saturated heterocycles. The zero-order valence-electron chi connectivity index (χ0n) is 10.7. The van der Waals surface area contributed by atoms with Gasteiger partial charge in [0.25, 0.3) is 0 Å². The van der Waals surface area contributed by atoms with E-state index in [0.29, 0.717) is 6.04 Å². The van der Waals surface area contributed by atoms with Gasteiger partial charge in [-0.2, -0.15) is 0 Å². The van der Waals surface area contributed by atoms with Crippen LogP contribution in [-0.2, 0) is 6.54 Å². The average molecular weight is 254 g/mol. The Morgan fingerprint density at radius 2 is 2.41 bits per heavy atom. The van der Waals surface area contributed by atoms with Gasteiger partial charge in [0, 0.05) is 18.0 Å². The Morgan fingerprint density at radius 1 is 1.59 bits per heavy atom. The van der Waals surface area contributed by atoms with Crippen LogP contribution in [0.5, 0.6) is 0 Å². The summed E-state index contributed by atoms with van der Waals surface area (Å²) in [7, 11) is 0. The summed E-state index contributed by atoms with van der Waals surface area (Å²) in [6.45, 7) is 6.03. The molecule has 2 unspecified atom stereocenters. The van der Waals surface area contributed by atoms with Gasteiger partial charge in [-0.3, -0.25) is 4.90 Å². The third-order valence-corrected chi connectivity index (χ3v) is 4.22. The van der Waals surface area contributed by atoms with Crippen LogP contribution in [-0.4, -0.2) is 33.7 Å². The van der Waals surface area contributed by atoms with Gasteiger partial charge in [-0.1, -0.05) is 6.42 Å². The Bertz CT molecular complexity index is 351. The van der Waals surface area contributed by atoms with Crippen molar-refractivity contribution < 1.29 is 5.11 Å². The Balaban J connectivity index is 1.96. The van der Waals surface area contributed by atoms with Crippen molar-refractivity contribution >= 4 is 11.3 Å². The summed E-state index contributed by atoms with van der Waals surface area (Å²) in [6.07, 6.45) is 4.48. The van der Waals surface area contributed by atoms with Gasteiger partial charge in [0.05, 0.1) is 16.8 Å². The molecule has 0 aliphatic carbocycles. The SMILES string of the molecule is Cc1nc(CN2CCCCC2CC(C)O)cs1. The molecule has 0 aromatic carbocycles. The summed E-state index contributed by atoms with van der Waals surface area (Å²) < 4.78 is 0. The van der Waals surface area contributed by atoms with Gasteiger partial charge >= 0.3 is 0 Å². The summed E-state index contributed by atoms with van der Waals surface area (Å²) in [5, 5.41) is 12.9. The van der Waals surface area contributed by atoms with Gasteiger partial charge in [-0.25, -0.2) is 4.98 Å². The molecule has 1 aromatic rings. The highest BCUT2D eigenvalue weighted by molar-refractivity contribution is 7.09. The maximum Gasteiger partial charge on any atom is 0.0897 e. The van der Waals surface area contributed by atoms with Gasteiger partial charge in [-0.05, 0) is 39.7 Å². The van der Waals surface area contributed by atoms with Crippen molar-refractivity contribution in [2.75, 3.05) is 6.54 Å². The summed E-state index contributed by atoms with van der Waals surface area (Å²) >= 11 is 1.72. The van der Waals surface area contributed by atoms with E-state index >= 15 is 0 Å². The van der Waals surface area contributed by atoms with Gasteiger partial charge in [0.2, 0.25) is 0 Å². The smallest absolute Gasteiger partial charge is 0.0897 e. The number of aliphatic hydroxyl groups is 1. The number of rotatable bonds is 4. The second-order valence-electron chi connectivity index (χ2n) is 5.06. The van der Waals surface area contributed by atoms with E-state index in [1.165, 1.54) is 25.0 Å². The molecule has 1 N–H and O–H groups in total. The fourth-order valence-corrected chi connectivity index (χ4v) is 3.22. The Morgan fingerprint density at radius 3 is 3.06 bits per heavy atom. The van der Waals surface area contributed by atoms with E-state index < -0.39 is 0 Å². The van der Waals surface area contributed by atoms with Crippen molar-refractivity contribution in [3.8, 4) is 0 Å². The minimum Gasteiger partial charge on any atom is -0.393 e. The zero-order chi connectivity index (χ0) is 12.3. The van der Waals surface area contributed by atoms with E-state index in [1.807, 2.05) is 6.92 Å². The first-order valence-electron chi connectivity index (χ1n) is 6.48. The normalized spacial score (nSPS) is 23.8. The first kappa shape index (κ1) is 13.0. The molecular formula is C13H22N2OS. The van der Waals surface area contributed by atoms with E-state index in [2.05, 4.69) is 22.2 Å². The van der Waals surface area contributed by atoms with Gasteiger partial charge in [0.15, 0.2) is 0 Å². The second kappa shape index (κ2) is 5.94. The maximum absolute atomic E-state index is 9.55. The van der Waals surface area contributed by atoms with Crippen LogP contribution in [0.15, 0.2) is 5.38 Å². The quantitative estimate of drug-likeness (QED) is 0.897. The first-order chi connectivity index (χ1) is 8.15. The predicted molar refractivity (Wildman–Crippen MR) is 71.2 cm³/mol. The van der Waals surface area contributed by atoms with E-state index in [0.717, 1.165) is 24.5 Å². The van der Waals surface area contributed by atoms with Crippen LogP contribution in [0.25, 0.3) is 0 Å². The highest BCUT2D eigenvalue weighted by atomic mass is 32.1.